The fraction of sp³-hybridized carbons (Fsp3) is 0. The van der Waals surface area contributed by atoms with Crippen molar-refractivity contribution in [1.29, 1.82) is 0 Å². The Morgan fingerprint density at radius 2 is 1.14 bits per heavy atom. The van der Waals surface area contributed by atoms with Crippen LogP contribution in [-0.2, 0) is 0 Å². The second-order valence-electron chi connectivity index (χ2n) is 4.90. The van der Waals surface area contributed by atoms with E-state index in [0.717, 1.165) is 8.95 Å². The van der Waals surface area contributed by atoms with E-state index in [1.54, 1.807) is 0 Å². The molecule has 0 atom stereocenters. The van der Waals surface area contributed by atoms with Gasteiger partial charge in [-0.1, -0.05) is 50.1 Å². The number of fused-ring (bicyclic) bond motifs is 3. The lowest BCUT2D eigenvalue weighted by atomic mass is 10.2. The average molecular weight is 419 g/mol. The molecule has 0 aliphatic rings. The van der Waals surface area contributed by atoms with Crippen molar-refractivity contribution in [1.82, 2.24) is 0 Å². The molecule has 0 aliphatic carbocycles. The van der Waals surface area contributed by atoms with Crippen molar-refractivity contribution in [3.63, 3.8) is 0 Å². The number of hydrogen-bond donors (Lipinski definition) is 0. The summed E-state index contributed by atoms with van der Waals surface area (Å²) >= 11 is 7.21. The molecule has 0 fully saturated rings. The van der Waals surface area contributed by atoms with Crippen molar-refractivity contribution in [2.45, 2.75) is 0 Å². The number of halogens is 2. The summed E-state index contributed by atoms with van der Waals surface area (Å²) in [6.07, 6.45) is 0. The Hall–Kier alpha value is -1.16. The van der Waals surface area contributed by atoms with E-state index in [9.17, 15) is 0 Å². The van der Waals surface area contributed by atoms with Gasteiger partial charge in [0.2, 0.25) is 0 Å². The summed E-state index contributed by atoms with van der Waals surface area (Å²) < 4.78 is 5.09. The van der Waals surface area contributed by atoms with Crippen molar-refractivity contribution >= 4 is 62.5 Å². The van der Waals surface area contributed by atoms with Crippen molar-refractivity contribution in [2.75, 3.05) is 0 Å². The zero-order valence-corrected chi connectivity index (χ0v) is 15.0. The molecule has 0 radical (unpaired) electrons. The summed E-state index contributed by atoms with van der Waals surface area (Å²) in [4.78, 5) is 1.38. The molecule has 0 N–H and O–H groups in total. The SMILES string of the molecule is Brc1ccc2c(c1)c1cc(Br)ccc1[s+]2-c1ccccc1. The van der Waals surface area contributed by atoms with Gasteiger partial charge in [0.1, 0.15) is 0 Å². The van der Waals surface area contributed by atoms with Crippen LogP contribution < -0.4 is 0 Å². The minimum Gasteiger partial charge on any atom is -0.0619 e. The lowest BCUT2D eigenvalue weighted by Gasteiger charge is -1.92. The van der Waals surface area contributed by atoms with Gasteiger partial charge in [-0.05, 0) is 36.4 Å². The van der Waals surface area contributed by atoms with Crippen LogP contribution in [0.25, 0.3) is 25.1 Å². The van der Waals surface area contributed by atoms with Crippen molar-refractivity contribution in [2.24, 2.45) is 0 Å². The summed E-state index contributed by atoms with van der Waals surface area (Å²) in [6.45, 7) is 0. The maximum Gasteiger partial charge on any atom is 0.187 e. The highest BCUT2D eigenvalue weighted by atomic mass is 79.9. The molecule has 0 amide bonds. The van der Waals surface area contributed by atoms with E-state index in [2.05, 4.69) is 98.6 Å². The molecule has 102 valence electrons. The molecule has 0 unspecified atom stereocenters. The monoisotopic (exact) mass is 417 g/mol. The van der Waals surface area contributed by atoms with Crippen LogP contribution in [0.15, 0.2) is 75.7 Å². The third-order valence-corrected chi connectivity index (χ3v) is 6.91. The fourth-order valence-corrected chi connectivity index (χ4v) is 5.79. The highest BCUT2D eigenvalue weighted by molar-refractivity contribution is 9.10. The topological polar surface area (TPSA) is 0 Å². The summed E-state index contributed by atoms with van der Waals surface area (Å²) in [6, 6.07) is 24.0. The average Bonchev–Trinajstić information content (AvgIpc) is 2.81. The van der Waals surface area contributed by atoms with Gasteiger partial charge in [-0.15, -0.1) is 0 Å². The van der Waals surface area contributed by atoms with Gasteiger partial charge in [-0.3, -0.25) is 0 Å². The molecule has 0 bridgehead atoms. The minimum atomic E-state index is 0.00123. The predicted molar refractivity (Wildman–Crippen MR) is 101 cm³/mol. The molecule has 0 nitrogen and oxygen atoms in total. The number of thiophene rings is 1. The highest BCUT2D eigenvalue weighted by Crippen LogP contribution is 2.49. The van der Waals surface area contributed by atoms with Crippen molar-refractivity contribution in [3.8, 4) is 4.90 Å². The third kappa shape index (κ3) is 2.24. The molecular weight excluding hydrogens is 408 g/mol. The third-order valence-electron chi connectivity index (χ3n) is 3.59. The van der Waals surface area contributed by atoms with Crippen LogP contribution in [0.2, 0.25) is 0 Å². The normalized spacial score (nSPS) is 11.3. The first-order chi connectivity index (χ1) is 10.2. The first-order valence-corrected chi connectivity index (χ1v) is 9.44. The Morgan fingerprint density at radius 3 is 1.67 bits per heavy atom. The van der Waals surface area contributed by atoms with E-state index in [4.69, 9.17) is 0 Å². The smallest absolute Gasteiger partial charge is 0.0619 e. The second kappa shape index (κ2) is 5.24. The van der Waals surface area contributed by atoms with E-state index in [1.807, 2.05) is 0 Å². The van der Waals surface area contributed by atoms with Gasteiger partial charge in [0.25, 0.3) is 0 Å². The first-order valence-electron chi connectivity index (χ1n) is 6.63. The lowest BCUT2D eigenvalue weighted by molar-refractivity contribution is 1.75. The first kappa shape index (κ1) is 13.5. The van der Waals surface area contributed by atoms with E-state index < -0.39 is 0 Å². The molecule has 4 aromatic rings. The molecule has 3 aromatic carbocycles. The Balaban J connectivity index is 2.22. The van der Waals surface area contributed by atoms with Gasteiger partial charge in [-0.25, -0.2) is 0 Å². The largest absolute Gasteiger partial charge is 0.187 e. The number of benzene rings is 3. The molecule has 0 spiro atoms. The molecular formula is C18H11Br2S+. The van der Waals surface area contributed by atoms with Crippen LogP contribution in [0.3, 0.4) is 0 Å². The Morgan fingerprint density at radius 1 is 0.619 bits per heavy atom. The quantitative estimate of drug-likeness (QED) is 0.285. The standard InChI is InChI=1S/C18H11Br2S/c19-12-6-8-17-15(10-12)16-11-13(20)7-9-18(16)21(17)14-4-2-1-3-5-14/h1-11H/q+1. The summed E-state index contributed by atoms with van der Waals surface area (Å²) in [5, 5.41) is 2.68. The minimum absolute atomic E-state index is 0.00123. The zero-order valence-electron chi connectivity index (χ0n) is 11.0. The molecule has 0 aliphatic heterocycles. The van der Waals surface area contributed by atoms with Crippen molar-refractivity contribution in [3.05, 3.63) is 75.7 Å². The molecule has 0 saturated carbocycles. The second-order valence-corrected chi connectivity index (χ2v) is 8.69. The number of rotatable bonds is 1. The van der Waals surface area contributed by atoms with Gasteiger partial charge in [0, 0.05) is 42.3 Å². The molecule has 1 heterocycles. The van der Waals surface area contributed by atoms with Gasteiger partial charge >= 0.3 is 0 Å². The van der Waals surface area contributed by atoms with Gasteiger partial charge in [0.05, 0.1) is 0 Å². The van der Waals surface area contributed by atoms with Crippen LogP contribution >= 0.6 is 42.3 Å². The summed E-state index contributed by atoms with van der Waals surface area (Å²) in [7, 11) is 0.00123. The molecule has 3 heteroatoms. The molecule has 0 saturated heterocycles. The Bertz CT molecular complexity index is 896. The van der Waals surface area contributed by atoms with Gasteiger partial charge in [0.15, 0.2) is 14.3 Å². The lowest BCUT2D eigenvalue weighted by Crippen LogP contribution is -1.69. The Labute approximate surface area is 142 Å². The molecule has 4 rings (SSSR count). The van der Waals surface area contributed by atoms with Crippen LogP contribution in [0.1, 0.15) is 0 Å². The molecule has 1 aromatic heterocycles. The van der Waals surface area contributed by atoms with E-state index >= 15 is 0 Å². The zero-order chi connectivity index (χ0) is 14.4. The maximum absolute atomic E-state index is 3.60. The van der Waals surface area contributed by atoms with Crippen LogP contribution in [0.5, 0.6) is 0 Å². The van der Waals surface area contributed by atoms with E-state index in [1.165, 1.54) is 25.1 Å². The Kier molecular flexibility index (Phi) is 3.37. The number of hydrogen-bond acceptors (Lipinski definition) is 0. The predicted octanol–water partition coefficient (Wildman–Crippen LogP) is 7.26. The van der Waals surface area contributed by atoms with Crippen LogP contribution in [0.4, 0.5) is 0 Å². The fourth-order valence-electron chi connectivity index (χ4n) is 2.71. The highest BCUT2D eigenvalue weighted by Gasteiger charge is 2.23. The maximum atomic E-state index is 3.60. The van der Waals surface area contributed by atoms with Gasteiger partial charge in [-0.2, -0.15) is 0 Å². The van der Waals surface area contributed by atoms with Crippen molar-refractivity contribution < 1.29 is 0 Å². The van der Waals surface area contributed by atoms with E-state index in [-0.39, 0.29) is 10.5 Å². The molecule has 21 heavy (non-hydrogen) atoms. The van der Waals surface area contributed by atoms with Crippen LogP contribution in [-0.4, -0.2) is 0 Å². The van der Waals surface area contributed by atoms with Gasteiger partial charge < -0.3 is 0 Å². The summed E-state index contributed by atoms with van der Waals surface area (Å²) in [5.74, 6) is 0. The summed E-state index contributed by atoms with van der Waals surface area (Å²) in [5.41, 5.74) is 0. The van der Waals surface area contributed by atoms with E-state index in [0.29, 0.717) is 0 Å². The van der Waals surface area contributed by atoms with Crippen LogP contribution in [0, 0.1) is 0 Å².